The molecule has 0 fully saturated rings. The fourth-order valence-electron chi connectivity index (χ4n) is 3.95. The van der Waals surface area contributed by atoms with Crippen LogP contribution in [0, 0.1) is 5.92 Å². The maximum absolute atomic E-state index is 12.9. The van der Waals surface area contributed by atoms with Gasteiger partial charge in [-0.2, -0.15) is 5.10 Å². The summed E-state index contributed by atoms with van der Waals surface area (Å²) in [5.74, 6) is 0.656. The monoisotopic (exact) mass is 417 g/mol. The SMILES string of the molecule is CC(C)[C@H](NC(=O)Cn1ncc2ccccc2c1=O)c1nc2ccccc2n1C(C)C. The number of aromatic nitrogens is 4. The molecule has 7 heteroatoms. The Morgan fingerprint density at radius 1 is 1.03 bits per heavy atom. The smallest absolute Gasteiger partial charge is 0.275 e. The predicted molar refractivity (Wildman–Crippen MR) is 122 cm³/mol. The molecule has 160 valence electrons. The molecule has 2 aromatic carbocycles. The first-order chi connectivity index (χ1) is 14.9. The molecule has 0 aliphatic carbocycles. The average molecular weight is 418 g/mol. The van der Waals surface area contributed by atoms with Crippen LogP contribution in [0.4, 0.5) is 0 Å². The summed E-state index contributed by atoms with van der Waals surface area (Å²) in [5, 5.41) is 8.57. The summed E-state index contributed by atoms with van der Waals surface area (Å²) >= 11 is 0. The largest absolute Gasteiger partial charge is 0.344 e. The van der Waals surface area contributed by atoms with Crippen LogP contribution in [0.5, 0.6) is 0 Å². The van der Waals surface area contributed by atoms with Crippen molar-refractivity contribution in [3.8, 4) is 0 Å². The number of nitrogens with one attached hydrogen (secondary N) is 1. The minimum atomic E-state index is -0.293. The third-order valence-corrected chi connectivity index (χ3v) is 5.46. The molecule has 0 radical (unpaired) electrons. The number of carbonyl (C=O) groups excluding carboxylic acids is 1. The van der Waals surface area contributed by atoms with Gasteiger partial charge in [-0.1, -0.05) is 44.2 Å². The van der Waals surface area contributed by atoms with Crippen LogP contribution in [0.1, 0.15) is 45.6 Å². The molecule has 1 amide bonds. The number of benzene rings is 2. The Kier molecular flexibility index (Phi) is 5.59. The van der Waals surface area contributed by atoms with Crippen molar-refractivity contribution in [2.45, 2.75) is 46.3 Å². The standard InChI is InChI=1S/C24H27N5O2/c1-15(2)22(23-26-19-11-7-8-12-20(19)29(23)16(3)4)27-21(30)14-28-24(31)18-10-6-5-9-17(18)13-25-28/h5-13,15-16,22H,14H2,1-4H3,(H,27,30)/t22-/m0/s1. The van der Waals surface area contributed by atoms with E-state index >= 15 is 0 Å². The van der Waals surface area contributed by atoms with Crippen molar-refractivity contribution in [2.24, 2.45) is 5.92 Å². The maximum Gasteiger partial charge on any atom is 0.275 e. The molecule has 0 saturated carbocycles. The van der Waals surface area contributed by atoms with Gasteiger partial charge in [-0.05, 0) is 38.0 Å². The highest BCUT2D eigenvalue weighted by Crippen LogP contribution is 2.28. The number of hydrogen-bond acceptors (Lipinski definition) is 4. The van der Waals surface area contributed by atoms with Crippen molar-refractivity contribution in [2.75, 3.05) is 0 Å². The first kappa shape index (κ1) is 20.8. The molecule has 0 bridgehead atoms. The van der Waals surface area contributed by atoms with E-state index in [0.717, 1.165) is 22.2 Å². The molecule has 0 spiro atoms. The quantitative estimate of drug-likeness (QED) is 0.517. The number of para-hydroxylation sites is 2. The molecule has 4 aromatic rings. The van der Waals surface area contributed by atoms with Crippen LogP contribution in [0.25, 0.3) is 21.8 Å². The van der Waals surface area contributed by atoms with E-state index in [1.165, 1.54) is 4.68 Å². The van der Waals surface area contributed by atoms with Gasteiger partial charge in [0.25, 0.3) is 5.56 Å². The summed E-state index contributed by atoms with van der Waals surface area (Å²) in [6.07, 6.45) is 1.61. The van der Waals surface area contributed by atoms with Crippen LogP contribution in [0.2, 0.25) is 0 Å². The summed E-state index contributed by atoms with van der Waals surface area (Å²) in [6.45, 7) is 8.17. The lowest BCUT2D eigenvalue weighted by Gasteiger charge is -2.25. The molecule has 7 nitrogen and oxygen atoms in total. The highest BCUT2D eigenvalue weighted by Gasteiger charge is 2.26. The molecule has 4 rings (SSSR count). The Morgan fingerprint density at radius 2 is 1.74 bits per heavy atom. The third kappa shape index (κ3) is 3.95. The van der Waals surface area contributed by atoms with Crippen LogP contribution in [0.3, 0.4) is 0 Å². The lowest BCUT2D eigenvalue weighted by Crippen LogP contribution is -2.38. The molecule has 1 N–H and O–H groups in total. The summed E-state index contributed by atoms with van der Waals surface area (Å²) < 4.78 is 3.38. The van der Waals surface area contributed by atoms with Crippen molar-refractivity contribution in [1.82, 2.24) is 24.6 Å². The second-order valence-electron chi connectivity index (χ2n) is 8.41. The highest BCUT2D eigenvalue weighted by molar-refractivity contribution is 5.81. The second-order valence-corrected chi connectivity index (χ2v) is 8.41. The van der Waals surface area contributed by atoms with E-state index in [1.54, 1.807) is 18.3 Å². The van der Waals surface area contributed by atoms with Crippen LogP contribution in [-0.4, -0.2) is 25.2 Å². The van der Waals surface area contributed by atoms with Gasteiger partial charge in [-0.25, -0.2) is 9.67 Å². The summed E-state index contributed by atoms with van der Waals surface area (Å²) in [7, 11) is 0. The van der Waals surface area contributed by atoms with Gasteiger partial charge in [0.15, 0.2) is 0 Å². The second kappa shape index (κ2) is 8.34. The Labute approximate surface area is 180 Å². The number of nitrogens with zero attached hydrogens (tertiary/aromatic N) is 4. The molecule has 2 heterocycles. The maximum atomic E-state index is 12.9. The number of imidazole rings is 1. The fraction of sp³-hybridized carbons (Fsp3) is 0.333. The molecule has 0 aliphatic heterocycles. The zero-order chi connectivity index (χ0) is 22.1. The minimum absolute atomic E-state index is 0.111. The highest BCUT2D eigenvalue weighted by atomic mass is 16.2. The molecule has 0 unspecified atom stereocenters. The number of hydrogen-bond donors (Lipinski definition) is 1. The third-order valence-electron chi connectivity index (χ3n) is 5.46. The molecule has 0 saturated heterocycles. The van der Waals surface area contributed by atoms with Gasteiger partial charge in [0.2, 0.25) is 5.91 Å². The summed E-state index contributed by atoms with van der Waals surface area (Å²) in [6, 6.07) is 15.1. The van der Waals surface area contributed by atoms with E-state index in [0.29, 0.717) is 5.39 Å². The first-order valence-electron chi connectivity index (χ1n) is 10.6. The Balaban J connectivity index is 1.65. The van der Waals surface area contributed by atoms with Crippen molar-refractivity contribution >= 4 is 27.7 Å². The molecular formula is C24H27N5O2. The Hall–Kier alpha value is -3.48. The van der Waals surface area contributed by atoms with Crippen molar-refractivity contribution in [1.29, 1.82) is 0 Å². The van der Waals surface area contributed by atoms with Gasteiger partial charge in [0.1, 0.15) is 12.4 Å². The van der Waals surface area contributed by atoms with Crippen LogP contribution >= 0.6 is 0 Å². The van der Waals surface area contributed by atoms with Crippen LogP contribution in [0.15, 0.2) is 59.5 Å². The number of rotatable bonds is 6. The van der Waals surface area contributed by atoms with Crippen LogP contribution in [-0.2, 0) is 11.3 Å². The van der Waals surface area contributed by atoms with E-state index in [1.807, 2.05) is 36.4 Å². The summed E-state index contributed by atoms with van der Waals surface area (Å²) in [4.78, 5) is 30.5. The van der Waals surface area contributed by atoms with Crippen molar-refractivity contribution in [3.05, 3.63) is 70.9 Å². The van der Waals surface area contributed by atoms with E-state index in [4.69, 9.17) is 4.98 Å². The van der Waals surface area contributed by atoms with Gasteiger partial charge in [-0.15, -0.1) is 0 Å². The van der Waals surface area contributed by atoms with Gasteiger partial charge in [0, 0.05) is 11.4 Å². The van der Waals surface area contributed by atoms with Crippen molar-refractivity contribution in [3.63, 3.8) is 0 Å². The average Bonchev–Trinajstić information content (AvgIpc) is 3.13. The van der Waals surface area contributed by atoms with Crippen molar-refractivity contribution < 1.29 is 4.79 Å². The molecule has 2 aromatic heterocycles. The number of fused-ring (bicyclic) bond motifs is 2. The van der Waals surface area contributed by atoms with Gasteiger partial charge in [-0.3, -0.25) is 9.59 Å². The predicted octanol–water partition coefficient (Wildman–Crippen LogP) is 3.84. The lowest BCUT2D eigenvalue weighted by molar-refractivity contribution is -0.123. The summed E-state index contributed by atoms with van der Waals surface area (Å²) in [5.41, 5.74) is 1.67. The molecular weight excluding hydrogens is 390 g/mol. The van der Waals surface area contributed by atoms with E-state index in [9.17, 15) is 9.59 Å². The topological polar surface area (TPSA) is 81.8 Å². The van der Waals surface area contributed by atoms with E-state index in [-0.39, 0.29) is 36.0 Å². The van der Waals surface area contributed by atoms with Gasteiger partial charge >= 0.3 is 0 Å². The van der Waals surface area contributed by atoms with E-state index in [2.05, 4.69) is 42.7 Å². The zero-order valence-corrected chi connectivity index (χ0v) is 18.2. The Bertz CT molecular complexity index is 1300. The first-order valence-corrected chi connectivity index (χ1v) is 10.6. The number of carbonyl (C=O) groups is 1. The normalized spacial score (nSPS) is 12.7. The van der Waals surface area contributed by atoms with E-state index < -0.39 is 0 Å². The van der Waals surface area contributed by atoms with Crippen LogP contribution < -0.4 is 10.9 Å². The van der Waals surface area contributed by atoms with Gasteiger partial charge < -0.3 is 9.88 Å². The molecule has 1 atom stereocenters. The molecule has 31 heavy (non-hydrogen) atoms. The fourth-order valence-corrected chi connectivity index (χ4v) is 3.95. The minimum Gasteiger partial charge on any atom is -0.344 e. The number of amides is 1. The lowest BCUT2D eigenvalue weighted by atomic mass is 10.0. The zero-order valence-electron chi connectivity index (χ0n) is 18.2. The Morgan fingerprint density at radius 3 is 2.48 bits per heavy atom. The molecule has 0 aliphatic rings. The van der Waals surface area contributed by atoms with Gasteiger partial charge in [0.05, 0.1) is 28.7 Å².